The van der Waals surface area contributed by atoms with E-state index in [0.717, 1.165) is 12.5 Å². The van der Waals surface area contributed by atoms with Crippen LogP contribution in [0.1, 0.15) is 30.0 Å². The molecule has 0 saturated carbocycles. The number of benzene rings is 3. The standard InChI is InChI=1S/C30H24FN5O4S/c1-17(28-25(19-6-5-7-20(31)14-19)23(15-37)22-8-3-4-9-24(22)40-28)36-30-26(29(32)33-16-34-30)27(35-36)18-10-12-21(13-11-18)41(2,38)39/h3-17,23H,1-2H3,(H2,32,33,34). The number of carbonyl (C=O) groups is 1. The summed E-state index contributed by atoms with van der Waals surface area (Å²) in [6.07, 6.45) is 3.29. The Morgan fingerprint density at radius 2 is 1.78 bits per heavy atom. The molecule has 0 amide bonds. The second kappa shape index (κ2) is 9.93. The van der Waals surface area contributed by atoms with Crippen LogP contribution >= 0.6 is 0 Å². The molecule has 2 atom stereocenters. The van der Waals surface area contributed by atoms with Crippen LogP contribution in [-0.4, -0.2) is 40.7 Å². The summed E-state index contributed by atoms with van der Waals surface area (Å²) in [7, 11) is -3.40. The van der Waals surface area contributed by atoms with Gasteiger partial charge < -0.3 is 15.3 Å². The van der Waals surface area contributed by atoms with Crippen molar-refractivity contribution >= 4 is 38.5 Å². The van der Waals surface area contributed by atoms with Crippen molar-refractivity contribution in [2.45, 2.75) is 23.8 Å². The van der Waals surface area contributed by atoms with E-state index < -0.39 is 27.6 Å². The zero-order valence-corrected chi connectivity index (χ0v) is 22.8. The van der Waals surface area contributed by atoms with Crippen LogP contribution in [0.3, 0.4) is 0 Å². The number of para-hydroxylation sites is 1. The van der Waals surface area contributed by atoms with Crippen LogP contribution in [0.4, 0.5) is 10.2 Å². The minimum Gasteiger partial charge on any atom is -0.459 e. The van der Waals surface area contributed by atoms with Gasteiger partial charge in [-0.2, -0.15) is 5.10 Å². The maximum absolute atomic E-state index is 14.4. The monoisotopic (exact) mass is 569 g/mol. The fraction of sp³-hybridized carbons (Fsp3) is 0.133. The fourth-order valence-electron chi connectivity index (χ4n) is 5.18. The first-order chi connectivity index (χ1) is 19.7. The number of aldehydes is 1. The molecule has 2 aromatic heterocycles. The summed E-state index contributed by atoms with van der Waals surface area (Å²) in [4.78, 5) is 21.3. The number of hydrogen-bond donors (Lipinski definition) is 1. The van der Waals surface area contributed by atoms with Crippen molar-refractivity contribution in [1.29, 1.82) is 0 Å². The van der Waals surface area contributed by atoms with Crippen molar-refractivity contribution in [3.05, 3.63) is 102 Å². The van der Waals surface area contributed by atoms with Gasteiger partial charge in [0, 0.05) is 23.0 Å². The van der Waals surface area contributed by atoms with Crippen LogP contribution in [0, 0.1) is 5.82 Å². The molecule has 2 unspecified atom stereocenters. The Morgan fingerprint density at radius 3 is 2.49 bits per heavy atom. The Balaban J connectivity index is 1.57. The number of fused-ring (bicyclic) bond motifs is 2. The highest BCUT2D eigenvalue weighted by molar-refractivity contribution is 7.90. The Bertz CT molecular complexity index is 1970. The Morgan fingerprint density at radius 1 is 1.02 bits per heavy atom. The number of halogens is 1. The summed E-state index contributed by atoms with van der Waals surface area (Å²) in [6.45, 7) is 1.84. The van der Waals surface area contributed by atoms with Gasteiger partial charge >= 0.3 is 0 Å². The van der Waals surface area contributed by atoms with Gasteiger partial charge in [0.2, 0.25) is 0 Å². The molecule has 0 fully saturated rings. The number of sulfone groups is 1. The van der Waals surface area contributed by atoms with Crippen molar-refractivity contribution in [2.75, 3.05) is 12.0 Å². The topological polar surface area (TPSA) is 130 Å². The van der Waals surface area contributed by atoms with Gasteiger partial charge in [0.15, 0.2) is 15.5 Å². The molecule has 0 bridgehead atoms. The van der Waals surface area contributed by atoms with Crippen LogP contribution in [0.25, 0.3) is 27.9 Å². The molecule has 41 heavy (non-hydrogen) atoms. The molecule has 11 heteroatoms. The summed E-state index contributed by atoms with van der Waals surface area (Å²) in [5, 5.41) is 5.32. The quantitative estimate of drug-likeness (QED) is 0.284. The summed E-state index contributed by atoms with van der Waals surface area (Å²) < 4.78 is 46.5. The van der Waals surface area contributed by atoms with Gasteiger partial charge in [0.25, 0.3) is 0 Å². The smallest absolute Gasteiger partial charge is 0.175 e. The molecule has 6 rings (SSSR count). The number of allylic oxidation sites excluding steroid dienone is 2. The highest BCUT2D eigenvalue weighted by Gasteiger charge is 2.35. The average molecular weight is 570 g/mol. The number of hydrogen-bond acceptors (Lipinski definition) is 8. The molecular formula is C30H24FN5O4S. The van der Waals surface area contributed by atoms with Crippen molar-refractivity contribution < 1.29 is 22.3 Å². The minimum atomic E-state index is -3.40. The van der Waals surface area contributed by atoms with Crippen LogP contribution in [-0.2, 0) is 14.6 Å². The lowest BCUT2D eigenvalue weighted by atomic mass is 9.83. The molecule has 5 aromatic rings. The van der Waals surface area contributed by atoms with Crippen molar-refractivity contribution in [1.82, 2.24) is 19.7 Å². The van der Waals surface area contributed by atoms with E-state index in [2.05, 4.69) is 9.97 Å². The average Bonchev–Trinajstić information content (AvgIpc) is 3.36. The Hall–Kier alpha value is -4.90. The molecule has 2 N–H and O–H groups in total. The van der Waals surface area contributed by atoms with Gasteiger partial charge in [-0.05, 0) is 42.8 Å². The number of aromatic nitrogens is 4. The molecule has 9 nitrogen and oxygen atoms in total. The normalized spacial score (nSPS) is 15.8. The van der Waals surface area contributed by atoms with Crippen LogP contribution in [0.2, 0.25) is 0 Å². The van der Waals surface area contributed by atoms with E-state index in [1.165, 1.54) is 30.6 Å². The second-order valence-electron chi connectivity index (χ2n) is 9.77. The summed E-state index contributed by atoms with van der Waals surface area (Å²) >= 11 is 0. The summed E-state index contributed by atoms with van der Waals surface area (Å²) in [5.41, 5.74) is 9.43. The predicted octanol–water partition coefficient (Wildman–Crippen LogP) is 4.97. The molecule has 0 spiro atoms. The zero-order valence-electron chi connectivity index (χ0n) is 22.0. The van der Waals surface area contributed by atoms with Crippen LogP contribution in [0.15, 0.2) is 89.8 Å². The van der Waals surface area contributed by atoms with Gasteiger partial charge in [0.1, 0.15) is 47.5 Å². The van der Waals surface area contributed by atoms with Gasteiger partial charge in [-0.3, -0.25) is 0 Å². The van der Waals surface area contributed by atoms with Crippen molar-refractivity contribution in [3.63, 3.8) is 0 Å². The van der Waals surface area contributed by atoms with E-state index >= 15 is 0 Å². The number of nitrogens with two attached hydrogens (primary N) is 1. The van der Waals surface area contributed by atoms with Crippen LogP contribution in [0.5, 0.6) is 5.75 Å². The molecule has 3 aromatic carbocycles. The van der Waals surface area contributed by atoms with Gasteiger partial charge in [-0.15, -0.1) is 0 Å². The number of ether oxygens (including phenoxy) is 1. The van der Waals surface area contributed by atoms with E-state index in [1.54, 1.807) is 35.0 Å². The van der Waals surface area contributed by atoms with Gasteiger partial charge in [-0.25, -0.2) is 27.5 Å². The SMILES string of the molecule is CC(C1=C(c2cccc(F)c2)C(C=O)c2ccccc2O1)n1nc(-c2ccc(S(C)(=O)=O)cc2)c2c(N)ncnc21. The molecule has 0 aliphatic carbocycles. The van der Waals surface area contributed by atoms with E-state index in [4.69, 9.17) is 15.6 Å². The molecule has 0 saturated heterocycles. The molecule has 0 radical (unpaired) electrons. The highest BCUT2D eigenvalue weighted by Crippen LogP contribution is 2.46. The number of anilines is 1. The maximum Gasteiger partial charge on any atom is 0.175 e. The molecule has 1 aliphatic heterocycles. The first-order valence-electron chi connectivity index (χ1n) is 12.7. The van der Waals surface area contributed by atoms with E-state index in [-0.39, 0.29) is 10.7 Å². The molecule has 206 valence electrons. The molecule has 1 aliphatic rings. The lowest BCUT2D eigenvalue weighted by molar-refractivity contribution is -0.108. The van der Waals surface area contributed by atoms with Crippen molar-refractivity contribution in [3.8, 4) is 17.0 Å². The number of rotatable bonds is 6. The van der Waals surface area contributed by atoms with Gasteiger partial charge in [-0.1, -0.05) is 42.5 Å². The largest absolute Gasteiger partial charge is 0.459 e. The third-order valence-corrected chi connectivity index (χ3v) is 8.27. The lowest BCUT2D eigenvalue weighted by Gasteiger charge is -2.31. The highest BCUT2D eigenvalue weighted by atomic mass is 32.2. The van der Waals surface area contributed by atoms with E-state index in [1.807, 2.05) is 25.1 Å². The lowest BCUT2D eigenvalue weighted by Crippen LogP contribution is -2.23. The van der Waals surface area contributed by atoms with E-state index in [0.29, 0.717) is 50.5 Å². The number of carbonyl (C=O) groups excluding carboxylic acids is 1. The second-order valence-corrected chi connectivity index (χ2v) is 11.8. The maximum atomic E-state index is 14.4. The van der Waals surface area contributed by atoms with Crippen LogP contribution < -0.4 is 10.5 Å². The van der Waals surface area contributed by atoms with E-state index in [9.17, 15) is 17.6 Å². The molecular weight excluding hydrogens is 545 g/mol. The Labute approximate surface area is 235 Å². The first-order valence-corrected chi connectivity index (χ1v) is 14.6. The number of nitrogens with zero attached hydrogens (tertiary/aromatic N) is 4. The van der Waals surface area contributed by atoms with Gasteiger partial charge in [0.05, 0.1) is 16.2 Å². The minimum absolute atomic E-state index is 0.168. The third kappa shape index (κ3) is 4.53. The Kier molecular flexibility index (Phi) is 6.38. The summed E-state index contributed by atoms with van der Waals surface area (Å²) in [6, 6.07) is 18.9. The molecule has 3 heterocycles. The summed E-state index contributed by atoms with van der Waals surface area (Å²) in [5.74, 6) is -0.0736. The fourth-order valence-corrected chi connectivity index (χ4v) is 5.81. The first kappa shape index (κ1) is 26.3. The third-order valence-electron chi connectivity index (χ3n) is 7.14. The van der Waals surface area contributed by atoms with Crippen molar-refractivity contribution in [2.24, 2.45) is 0 Å². The predicted molar refractivity (Wildman–Crippen MR) is 152 cm³/mol. The zero-order chi connectivity index (χ0) is 28.9. The number of nitrogen functional groups attached to an aromatic ring is 1.